The molecular weight excluding hydrogens is 220 g/mol. The molecule has 0 spiro atoms. The maximum atomic E-state index is 11.0. The molecule has 5 heteroatoms. The summed E-state index contributed by atoms with van der Waals surface area (Å²) >= 11 is 0. The average molecular weight is 236 g/mol. The summed E-state index contributed by atoms with van der Waals surface area (Å²) in [6.45, 7) is 2.48. The molecule has 1 aromatic heterocycles. The van der Waals surface area contributed by atoms with Crippen LogP contribution in [0, 0.1) is 12.8 Å². The van der Waals surface area contributed by atoms with Gasteiger partial charge in [-0.25, -0.2) is 9.78 Å². The van der Waals surface area contributed by atoms with Crippen molar-refractivity contribution in [3.63, 3.8) is 0 Å². The Morgan fingerprint density at radius 3 is 2.82 bits per heavy atom. The molecule has 92 valence electrons. The van der Waals surface area contributed by atoms with Crippen LogP contribution in [0.5, 0.6) is 0 Å². The second kappa shape index (κ2) is 4.71. The molecule has 1 aliphatic rings. The summed E-state index contributed by atoms with van der Waals surface area (Å²) in [7, 11) is 0. The van der Waals surface area contributed by atoms with Gasteiger partial charge in [-0.2, -0.15) is 0 Å². The number of carboxylic acid groups (broad SMARTS) is 1. The van der Waals surface area contributed by atoms with Crippen LogP contribution >= 0.6 is 0 Å². The van der Waals surface area contributed by atoms with Crippen molar-refractivity contribution in [2.75, 3.05) is 11.9 Å². The van der Waals surface area contributed by atoms with Crippen LogP contribution < -0.4 is 5.32 Å². The van der Waals surface area contributed by atoms with Gasteiger partial charge < -0.3 is 15.5 Å². The highest BCUT2D eigenvalue weighted by molar-refractivity contribution is 5.93. The number of anilines is 1. The Kier molecular flexibility index (Phi) is 3.28. The third-order valence-corrected chi connectivity index (χ3v) is 3.03. The number of rotatable bonds is 4. The Balaban J connectivity index is 2.03. The Morgan fingerprint density at radius 2 is 2.24 bits per heavy atom. The highest BCUT2D eigenvalue weighted by Crippen LogP contribution is 2.27. The number of aromatic nitrogens is 1. The third-order valence-electron chi connectivity index (χ3n) is 3.03. The standard InChI is InChI=1S/C12H16N2O3/c1-7-2-3-10(12(16)17)11(14-7)13-6-8-4-9(15)5-8/h2-3,8-9,15H,4-6H2,1H3,(H,13,14)(H,16,17). The van der Waals surface area contributed by atoms with Gasteiger partial charge in [-0.1, -0.05) is 0 Å². The molecule has 2 rings (SSSR count). The first kappa shape index (κ1) is 11.9. The second-order valence-electron chi connectivity index (χ2n) is 4.53. The molecule has 0 bridgehead atoms. The predicted octanol–water partition coefficient (Wildman–Crippen LogP) is 1.27. The minimum Gasteiger partial charge on any atom is -0.478 e. The number of hydrogen-bond acceptors (Lipinski definition) is 4. The summed E-state index contributed by atoms with van der Waals surface area (Å²) in [6, 6.07) is 3.24. The van der Waals surface area contributed by atoms with Gasteiger partial charge in [-0.15, -0.1) is 0 Å². The molecule has 1 saturated carbocycles. The molecule has 0 unspecified atom stereocenters. The first-order valence-corrected chi connectivity index (χ1v) is 5.69. The number of hydrogen-bond donors (Lipinski definition) is 3. The van der Waals surface area contributed by atoms with Crippen LogP contribution in [-0.4, -0.2) is 33.8 Å². The van der Waals surface area contributed by atoms with E-state index in [1.165, 1.54) is 0 Å². The molecule has 0 saturated heterocycles. The molecule has 17 heavy (non-hydrogen) atoms. The van der Waals surface area contributed by atoms with Crippen molar-refractivity contribution in [3.05, 3.63) is 23.4 Å². The molecule has 3 N–H and O–H groups in total. The van der Waals surface area contributed by atoms with Gasteiger partial charge in [0.25, 0.3) is 0 Å². The Labute approximate surface area is 99.5 Å². The van der Waals surface area contributed by atoms with E-state index >= 15 is 0 Å². The number of aliphatic hydroxyl groups excluding tert-OH is 1. The summed E-state index contributed by atoms with van der Waals surface area (Å²) in [5.41, 5.74) is 0.974. The number of nitrogens with one attached hydrogen (secondary N) is 1. The van der Waals surface area contributed by atoms with Gasteiger partial charge in [0.2, 0.25) is 0 Å². The van der Waals surface area contributed by atoms with E-state index in [0.29, 0.717) is 18.3 Å². The number of aryl methyl sites for hydroxylation is 1. The van der Waals surface area contributed by atoms with Crippen LogP contribution in [-0.2, 0) is 0 Å². The fourth-order valence-corrected chi connectivity index (χ4v) is 1.97. The quantitative estimate of drug-likeness (QED) is 0.733. The maximum Gasteiger partial charge on any atom is 0.339 e. The predicted molar refractivity (Wildman–Crippen MR) is 63.2 cm³/mol. The normalized spacial score (nSPS) is 22.9. The number of carbonyl (C=O) groups is 1. The van der Waals surface area contributed by atoms with E-state index in [2.05, 4.69) is 10.3 Å². The van der Waals surface area contributed by atoms with Gasteiger partial charge in [0, 0.05) is 12.2 Å². The molecule has 0 amide bonds. The first-order valence-electron chi connectivity index (χ1n) is 5.69. The Bertz CT molecular complexity index is 428. The summed E-state index contributed by atoms with van der Waals surface area (Å²) in [6.07, 6.45) is 1.37. The number of pyridine rings is 1. The summed E-state index contributed by atoms with van der Waals surface area (Å²) in [5, 5.41) is 21.2. The smallest absolute Gasteiger partial charge is 0.339 e. The molecule has 0 aromatic carbocycles. The van der Waals surface area contributed by atoms with E-state index in [9.17, 15) is 4.79 Å². The summed E-state index contributed by atoms with van der Waals surface area (Å²) in [5.74, 6) is -0.151. The van der Waals surface area contributed by atoms with Crippen LogP contribution in [0.25, 0.3) is 0 Å². The van der Waals surface area contributed by atoms with E-state index in [-0.39, 0.29) is 11.7 Å². The molecule has 0 atom stereocenters. The van der Waals surface area contributed by atoms with E-state index < -0.39 is 5.97 Å². The van der Waals surface area contributed by atoms with E-state index in [0.717, 1.165) is 18.5 Å². The molecule has 0 radical (unpaired) electrons. The Morgan fingerprint density at radius 1 is 1.53 bits per heavy atom. The Hall–Kier alpha value is -1.62. The molecule has 5 nitrogen and oxygen atoms in total. The SMILES string of the molecule is Cc1ccc(C(=O)O)c(NCC2CC(O)C2)n1. The largest absolute Gasteiger partial charge is 0.478 e. The fourth-order valence-electron chi connectivity index (χ4n) is 1.97. The zero-order valence-corrected chi connectivity index (χ0v) is 9.68. The molecule has 1 heterocycles. The lowest BCUT2D eigenvalue weighted by molar-refractivity contribution is 0.0485. The fraction of sp³-hybridized carbons (Fsp3) is 0.500. The van der Waals surface area contributed by atoms with Crippen molar-refractivity contribution in [3.8, 4) is 0 Å². The van der Waals surface area contributed by atoms with Crippen LogP contribution in [0.4, 0.5) is 5.82 Å². The minimum absolute atomic E-state index is 0.189. The number of carboxylic acids is 1. The molecule has 0 aliphatic heterocycles. The topological polar surface area (TPSA) is 82.5 Å². The zero-order valence-electron chi connectivity index (χ0n) is 9.68. The monoisotopic (exact) mass is 236 g/mol. The van der Waals surface area contributed by atoms with Gasteiger partial charge in [0.05, 0.1) is 6.10 Å². The van der Waals surface area contributed by atoms with Crippen LogP contribution in [0.3, 0.4) is 0 Å². The van der Waals surface area contributed by atoms with Gasteiger partial charge in [0.1, 0.15) is 11.4 Å². The van der Waals surface area contributed by atoms with E-state index in [1.54, 1.807) is 12.1 Å². The maximum absolute atomic E-state index is 11.0. The van der Waals surface area contributed by atoms with Crippen molar-refractivity contribution in [2.24, 2.45) is 5.92 Å². The van der Waals surface area contributed by atoms with Crippen molar-refractivity contribution >= 4 is 11.8 Å². The van der Waals surface area contributed by atoms with Gasteiger partial charge in [-0.3, -0.25) is 0 Å². The van der Waals surface area contributed by atoms with Gasteiger partial charge >= 0.3 is 5.97 Å². The molecule has 1 fully saturated rings. The zero-order chi connectivity index (χ0) is 12.4. The summed E-state index contributed by atoms with van der Waals surface area (Å²) in [4.78, 5) is 15.2. The highest BCUT2D eigenvalue weighted by atomic mass is 16.4. The second-order valence-corrected chi connectivity index (χ2v) is 4.53. The van der Waals surface area contributed by atoms with Gasteiger partial charge in [-0.05, 0) is 37.8 Å². The lowest BCUT2D eigenvalue weighted by atomic mass is 9.82. The van der Waals surface area contributed by atoms with E-state index in [1.807, 2.05) is 6.92 Å². The first-order chi connectivity index (χ1) is 8.06. The molecule has 1 aliphatic carbocycles. The van der Waals surface area contributed by atoms with E-state index in [4.69, 9.17) is 10.2 Å². The number of aliphatic hydroxyl groups is 1. The van der Waals surface area contributed by atoms with Crippen molar-refractivity contribution < 1.29 is 15.0 Å². The van der Waals surface area contributed by atoms with Gasteiger partial charge in [0.15, 0.2) is 0 Å². The van der Waals surface area contributed by atoms with Crippen molar-refractivity contribution in [1.29, 1.82) is 0 Å². The number of nitrogens with zero attached hydrogens (tertiary/aromatic N) is 1. The van der Waals surface area contributed by atoms with Crippen LogP contribution in [0.1, 0.15) is 28.9 Å². The number of aromatic carboxylic acids is 1. The third kappa shape index (κ3) is 2.74. The van der Waals surface area contributed by atoms with Crippen molar-refractivity contribution in [2.45, 2.75) is 25.9 Å². The average Bonchev–Trinajstić information content (AvgIpc) is 2.22. The van der Waals surface area contributed by atoms with Crippen LogP contribution in [0.15, 0.2) is 12.1 Å². The van der Waals surface area contributed by atoms with Crippen molar-refractivity contribution in [1.82, 2.24) is 4.98 Å². The van der Waals surface area contributed by atoms with Crippen LogP contribution in [0.2, 0.25) is 0 Å². The highest BCUT2D eigenvalue weighted by Gasteiger charge is 2.27. The lowest BCUT2D eigenvalue weighted by Gasteiger charge is -2.31. The molecular formula is C12H16N2O3. The summed E-state index contributed by atoms with van der Waals surface area (Å²) < 4.78 is 0. The lowest BCUT2D eigenvalue weighted by Crippen LogP contribution is -2.33. The molecule has 1 aromatic rings. The minimum atomic E-state index is -0.978.